The zero-order valence-electron chi connectivity index (χ0n) is 10.8. The van der Waals surface area contributed by atoms with Crippen LogP contribution in [0, 0.1) is 5.92 Å². The Morgan fingerprint density at radius 3 is 2.00 bits per heavy atom. The summed E-state index contributed by atoms with van der Waals surface area (Å²) in [4.78, 5) is 11.0. The van der Waals surface area contributed by atoms with E-state index in [1.54, 1.807) is 0 Å². The van der Waals surface area contributed by atoms with Gasteiger partial charge in [-0.1, -0.05) is 43.3 Å². The molecule has 0 aliphatic rings. The Morgan fingerprint density at radius 1 is 1.10 bits per heavy atom. The lowest BCUT2D eigenvalue weighted by Gasteiger charge is -2.23. The topological polar surface area (TPSA) is 17.1 Å². The van der Waals surface area contributed by atoms with Crippen molar-refractivity contribution < 1.29 is 26.7 Å². The molecule has 0 spiro atoms. The molecule has 110 valence electrons. The molecule has 0 aromatic heterocycles. The maximum atomic E-state index is 13.0. The third kappa shape index (κ3) is 3.65. The van der Waals surface area contributed by atoms with Crippen LogP contribution < -0.4 is 0 Å². The summed E-state index contributed by atoms with van der Waals surface area (Å²) in [6.07, 6.45) is -3.60. The Bertz CT molecular complexity index is 499. The summed E-state index contributed by atoms with van der Waals surface area (Å²) < 4.78 is 62.3. The van der Waals surface area contributed by atoms with E-state index >= 15 is 0 Å². The summed E-state index contributed by atoms with van der Waals surface area (Å²) in [6, 6.07) is 5.92. The van der Waals surface area contributed by atoms with Crippen LogP contribution in [0.4, 0.5) is 22.0 Å². The summed E-state index contributed by atoms with van der Waals surface area (Å²) in [6.45, 7) is 2.17. The molecule has 0 saturated heterocycles. The van der Waals surface area contributed by atoms with E-state index in [4.69, 9.17) is 0 Å². The van der Waals surface area contributed by atoms with Gasteiger partial charge in [-0.25, -0.2) is 0 Å². The molecule has 0 bridgehead atoms. The molecule has 1 rings (SSSR count). The number of carbonyl (C=O) groups is 1. The molecule has 20 heavy (non-hydrogen) atoms. The third-order valence-corrected chi connectivity index (χ3v) is 2.84. The van der Waals surface area contributed by atoms with Crippen LogP contribution in [0.25, 0.3) is 6.08 Å². The van der Waals surface area contributed by atoms with Crippen molar-refractivity contribution in [2.75, 3.05) is 0 Å². The van der Waals surface area contributed by atoms with E-state index in [1.807, 2.05) is 0 Å². The first-order valence-electron chi connectivity index (χ1n) is 5.79. The van der Waals surface area contributed by atoms with Crippen LogP contribution in [0.3, 0.4) is 0 Å². The number of hydrogen-bond donors (Lipinski definition) is 0. The Hall–Kier alpha value is -1.72. The Balaban J connectivity index is 2.85. The van der Waals surface area contributed by atoms with Gasteiger partial charge in [0.05, 0.1) is 0 Å². The lowest BCUT2D eigenvalue weighted by Crippen LogP contribution is -2.41. The van der Waals surface area contributed by atoms with Crippen molar-refractivity contribution in [3.8, 4) is 0 Å². The summed E-state index contributed by atoms with van der Waals surface area (Å²) in [7, 11) is 0. The van der Waals surface area contributed by atoms with Gasteiger partial charge in [-0.05, 0) is 12.5 Å². The zero-order chi connectivity index (χ0) is 15.6. The lowest BCUT2D eigenvalue weighted by molar-refractivity contribution is -0.294. The van der Waals surface area contributed by atoms with Gasteiger partial charge in [0.2, 0.25) is 0 Å². The fourth-order valence-corrected chi connectivity index (χ4v) is 1.46. The van der Waals surface area contributed by atoms with Gasteiger partial charge in [0.25, 0.3) is 0 Å². The molecule has 0 N–H and O–H groups in total. The smallest absolute Gasteiger partial charge is 0.295 e. The minimum atomic E-state index is -5.57. The van der Waals surface area contributed by atoms with E-state index in [1.165, 1.54) is 37.3 Å². The Morgan fingerprint density at radius 2 is 1.60 bits per heavy atom. The minimum absolute atomic E-state index is 0.155. The third-order valence-electron chi connectivity index (χ3n) is 2.84. The molecule has 0 fully saturated rings. The van der Waals surface area contributed by atoms with E-state index in [2.05, 4.69) is 0 Å². The molecule has 0 heterocycles. The highest BCUT2D eigenvalue weighted by Crippen LogP contribution is 2.41. The second-order valence-corrected chi connectivity index (χ2v) is 4.45. The molecule has 0 aliphatic heterocycles. The normalized spacial score (nSPS) is 14.6. The van der Waals surface area contributed by atoms with Crippen LogP contribution in [0.15, 0.2) is 30.3 Å². The molecular weight excluding hydrogens is 279 g/mol. The maximum absolute atomic E-state index is 13.0. The highest BCUT2D eigenvalue weighted by Gasteiger charge is 2.59. The van der Waals surface area contributed by atoms with E-state index in [0.29, 0.717) is 11.1 Å². The van der Waals surface area contributed by atoms with Crippen LogP contribution in [-0.2, 0) is 0 Å². The largest absolute Gasteiger partial charge is 0.453 e. The van der Waals surface area contributed by atoms with E-state index in [0.717, 1.165) is 13.0 Å². The van der Waals surface area contributed by atoms with Gasteiger partial charge in [0, 0.05) is 11.5 Å². The van der Waals surface area contributed by atoms with Crippen molar-refractivity contribution >= 4 is 11.9 Å². The van der Waals surface area contributed by atoms with Crippen LogP contribution in [0.5, 0.6) is 0 Å². The summed E-state index contributed by atoms with van der Waals surface area (Å²) in [5.41, 5.74) is 0.885. The molecule has 0 radical (unpaired) electrons. The first-order chi connectivity index (χ1) is 9.05. The van der Waals surface area contributed by atoms with E-state index < -0.39 is 18.0 Å². The number of Topliss-reactive ketones (excluding diaryl/α,β-unsaturated/α-hetero) is 1. The highest BCUT2D eigenvalue weighted by atomic mass is 19.4. The Kier molecular flexibility index (Phi) is 4.68. The molecule has 1 nitrogen and oxygen atoms in total. The van der Waals surface area contributed by atoms with Gasteiger partial charge in [0.1, 0.15) is 0 Å². The second kappa shape index (κ2) is 5.73. The number of alkyl halides is 5. The number of halogens is 5. The van der Waals surface area contributed by atoms with Crippen molar-refractivity contribution in [2.24, 2.45) is 5.92 Å². The monoisotopic (exact) mass is 292 g/mol. The molecule has 1 aromatic carbocycles. The average molecular weight is 292 g/mol. The SMILES string of the molecule is CC(=O)c1ccc(/C=C/[C@H](C)C(F)(F)C(F)(F)F)cc1. The van der Waals surface area contributed by atoms with Gasteiger partial charge >= 0.3 is 12.1 Å². The van der Waals surface area contributed by atoms with Crippen LogP contribution >= 0.6 is 0 Å². The maximum Gasteiger partial charge on any atom is 0.453 e. The van der Waals surface area contributed by atoms with Crippen LogP contribution in [0.1, 0.15) is 29.8 Å². The number of hydrogen-bond acceptors (Lipinski definition) is 1. The number of rotatable bonds is 4. The Labute approximate surface area is 113 Å². The van der Waals surface area contributed by atoms with Gasteiger partial charge in [-0.15, -0.1) is 0 Å². The van der Waals surface area contributed by atoms with Crippen molar-refractivity contribution in [1.29, 1.82) is 0 Å². The molecule has 1 atom stereocenters. The summed E-state index contributed by atoms with van der Waals surface area (Å²) in [5.74, 6) is -6.91. The summed E-state index contributed by atoms with van der Waals surface area (Å²) >= 11 is 0. The molecule has 6 heteroatoms. The van der Waals surface area contributed by atoms with Crippen molar-refractivity contribution in [2.45, 2.75) is 25.9 Å². The van der Waals surface area contributed by atoms with Crippen molar-refractivity contribution in [3.63, 3.8) is 0 Å². The molecule has 0 saturated carbocycles. The molecular formula is C14H13F5O. The first-order valence-corrected chi connectivity index (χ1v) is 5.79. The quantitative estimate of drug-likeness (QED) is 0.579. The number of benzene rings is 1. The molecule has 0 amide bonds. The fourth-order valence-electron chi connectivity index (χ4n) is 1.46. The number of allylic oxidation sites excluding steroid dienone is 1. The highest BCUT2D eigenvalue weighted by molar-refractivity contribution is 5.94. The standard InChI is InChI=1S/C14H13F5O/c1-9(13(15,16)14(17,18)19)3-4-11-5-7-12(8-6-11)10(2)20/h3-9H,1-2H3/b4-3+/t9-/m0/s1. The minimum Gasteiger partial charge on any atom is -0.295 e. The van der Waals surface area contributed by atoms with Gasteiger partial charge in [0.15, 0.2) is 5.78 Å². The molecule has 1 aromatic rings. The van der Waals surface area contributed by atoms with E-state index in [9.17, 15) is 26.7 Å². The van der Waals surface area contributed by atoms with Gasteiger partial charge in [-0.2, -0.15) is 22.0 Å². The first kappa shape index (κ1) is 16.3. The number of ketones is 1. The van der Waals surface area contributed by atoms with Crippen molar-refractivity contribution in [3.05, 3.63) is 41.5 Å². The molecule has 0 aliphatic carbocycles. The molecule has 0 unspecified atom stereocenters. The number of carbonyl (C=O) groups excluding carboxylic acids is 1. The predicted molar refractivity (Wildman–Crippen MR) is 65.6 cm³/mol. The van der Waals surface area contributed by atoms with Crippen molar-refractivity contribution in [1.82, 2.24) is 0 Å². The van der Waals surface area contributed by atoms with Crippen LogP contribution in [0.2, 0.25) is 0 Å². The zero-order valence-corrected chi connectivity index (χ0v) is 10.8. The fraction of sp³-hybridized carbons (Fsp3) is 0.357. The lowest BCUT2D eigenvalue weighted by atomic mass is 10.0. The summed E-state index contributed by atoms with van der Waals surface area (Å²) in [5, 5.41) is 0. The van der Waals surface area contributed by atoms with Crippen LogP contribution in [-0.4, -0.2) is 17.9 Å². The second-order valence-electron chi connectivity index (χ2n) is 4.45. The van der Waals surface area contributed by atoms with Gasteiger partial charge in [-0.3, -0.25) is 4.79 Å². The predicted octanol–water partition coefficient (Wildman–Crippen LogP) is 4.74. The van der Waals surface area contributed by atoms with Gasteiger partial charge < -0.3 is 0 Å². The van der Waals surface area contributed by atoms with E-state index in [-0.39, 0.29) is 5.78 Å². The average Bonchev–Trinajstić information content (AvgIpc) is 2.34.